The molecule has 0 amide bonds. The summed E-state index contributed by atoms with van der Waals surface area (Å²) in [6.07, 6.45) is 5.36. The van der Waals surface area contributed by atoms with Crippen LogP contribution in [0.1, 0.15) is 12.8 Å². The Kier molecular flexibility index (Phi) is 3.81. The highest BCUT2D eigenvalue weighted by atomic mass is 19.2. The predicted molar refractivity (Wildman–Crippen MR) is 83.9 cm³/mol. The fourth-order valence-corrected chi connectivity index (χ4v) is 2.82. The summed E-state index contributed by atoms with van der Waals surface area (Å²) in [5, 5.41) is 2.96. The molecule has 1 aliphatic heterocycles. The maximum absolute atomic E-state index is 13.3. The molecule has 2 aromatic heterocycles. The number of fused-ring (bicyclic) bond motifs is 1. The van der Waals surface area contributed by atoms with Crippen molar-refractivity contribution in [2.24, 2.45) is 0 Å². The van der Waals surface area contributed by atoms with Crippen LogP contribution in [0.3, 0.4) is 0 Å². The van der Waals surface area contributed by atoms with Crippen molar-refractivity contribution in [1.82, 2.24) is 19.5 Å². The van der Waals surface area contributed by atoms with Gasteiger partial charge < -0.3 is 14.6 Å². The number of rotatable bonds is 4. The Morgan fingerprint density at radius 3 is 2.92 bits per heavy atom. The summed E-state index contributed by atoms with van der Waals surface area (Å²) >= 11 is 0. The molecule has 124 valence electrons. The van der Waals surface area contributed by atoms with Gasteiger partial charge in [-0.25, -0.2) is 23.7 Å². The van der Waals surface area contributed by atoms with E-state index in [1.54, 1.807) is 6.33 Å². The molecule has 6 nitrogen and oxygen atoms in total. The normalized spacial score (nSPS) is 17.5. The second-order valence-corrected chi connectivity index (χ2v) is 5.68. The van der Waals surface area contributed by atoms with Gasteiger partial charge in [0.1, 0.15) is 6.33 Å². The summed E-state index contributed by atoms with van der Waals surface area (Å²) in [5.74, 6) is -1.37. The van der Waals surface area contributed by atoms with E-state index in [1.165, 1.54) is 12.4 Å². The molecule has 0 bridgehead atoms. The first-order valence-electron chi connectivity index (χ1n) is 7.70. The molecule has 1 fully saturated rings. The molecule has 0 spiro atoms. The van der Waals surface area contributed by atoms with E-state index in [-0.39, 0.29) is 6.10 Å². The Morgan fingerprint density at radius 2 is 2.12 bits per heavy atom. The molecule has 3 heterocycles. The van der Waals surface area contributed by atoms with Gasteiger partial charge in [-0.3, -0.25) is 0 Å². The molecule has 1 unspecified atom stereocenters. The Morgan fingerprint density at radius 1 is 1.21 bits per heavy atom. The molecule has 1 aromatic carbocycles. The fourth-order valence-electron chi connectivity index (χ4n) is 2.82. The third-order valence-corrected chi connectivity index (χ3v) is 4.01. The molecule has 0 radical (unpaired) electrons. The van der Waals surface area contributed by atoms with Crippen molar-refractivity contribution in [3.8, 4) is 0 Å². The molecule has 8 heteroatoms. The van der Waals surface area contributed by atoms with Gasteiger partial charge in [-0.15, -0.1) is 0 Å². The first-order chi connectivity index (χ1) is 11.7. The lowest BCUT2D eigenvalue weighted by Gasteiger charge is -2.10. The Hall–Kier alpha value is -2.61. The van der Waals surface area contributed by atoms with Gasteiger partial charge in [0.05, 0.1) is 19.0 Å². The van der Waals surface area contributed by atoms with Crippen molar-refractivity contribution in [2.75, 3.05) is 11.9 Å². The number of hydrogen-bond donors (Lipinski definition) is 1. The highest BCUT2D eigenvalue weighted by Gasteiger charge is 2.18. The molecule has 1 saturated heterocycles. The highest BCUT2D eigenvalue weighted by molar-refractivity contribution is 5.85. The molecule has 1 N–H and O–H groups in total. The van der Waals surface area contributed by atoms with E-state index in [0.717, 1.165) is 31.6 Å². The summed E-state index contributed by atoms with van der Waals surface area (Å²) in [6, 6.07) is 3.58. The average molecular weight is 331 g/mol. The van der Waals surface area contributed by atoms with Crippen molar-refractivity contribution in [2.45, 2.75) is 25.5 Å². The van der Waals surface area contributed by atoms with Crippen LogP contribution in [0.25, 0.3) is 11.2 Å². The first-order valence-corrected chi connectivity index (χ1v) is 7.70. The summed E-state index contributed by atoms with van der Waals surface area (Å²) in [7, 11) is 0. The van der Waals surface area contributed by atoms with E-state index in [1.807, 2.05) is 4.57 Å². The van der Waals surface area contributed by atoms with Gasteiger partial charge in [0, 0.05) is 18.4 Å². The van der Waals surface area contributed by atoms with Gasteiger partial charge >= 0.3 is 0 Å². The molecule has 1 atom stereocenters. The average Bonchev–Trinajstić information content (AvgIpc) is 3.22. The minimum Gasteiger partial charge on any atom is -0.376 e. The lowest BCUT2D eigenvalue weighted by Crippen LogP contribution is -2.14. The lowest BCUT2D eigenvalue weighted by molar-refractivity contribution is 0.0978. The first kappa shape index (κ1) is 14.9. The van der Waals surface area contributed by atoms with Gasteiger partial charge in [0.15, 0.2) is 28.6 Å². The number of hydrogen-bond acceptors (Lipinski definition) is 5. The highest BCUT2D eigenvalue weighted by Crippen LogP contribution is 2.24. The molecule has 1 aliphatic rings. The van der Waals surface area contributed by atoms with Crippen LogP contribution in [0.4, 0.5) is 20.3 Å². The monoisotopic (exact) mass is 331 g/mol. The zero-order valence-electron chi connectivity index (χ0n) is 12.7. The Balaban J connectivity index is 1.63. The second-order valence-electron chi connectivity index (χ2n) is 5.68. The van der Waals surface area contributed by atoms with Crippen LogP contribution in [0.2, 0.25) is 0 Å². The number of imidazole rings is 1. The van der Waals surface area contributed by atoms with Crippen LogP contribution < -0.4 is 5.32 Å². The van der Waals surface area contributed by atoms with Gasteiger partial charge in [0.25, 0.3) is 0 Å². The van der Waals surface area contributed by atoms with Crippen LogP contribution in [-0.2, 0) is 11.3 Å². The number of halogens is 2. The minimum absolute atomic E-state index is 0.167. The second kappa shape index (κ2) is 6.12. The maximum Gasteiger partial charge on any atom is 0.165 e. The summed E-state index contributed by atoms with van der Waals surface area (Å²) in [5.41, 5.74) is 1.63. The molecule has 3 aromatic rings. The quantitative estimate of drug-likeness (QED) is 0.796. The minimum atomic E-state index is -0.922. The topological polar surface area (TPSA) is 64.9 Å². The third-order valence-electron chi connectivity index (χ3n) is 4.01. The molecule has 4 rings (SSSR count). The molecular formula is C16H15F2N5O. The molecular weight excluding hydrogens is 316 g/mol. The van der Waals surface area contributed by atoms with Crippen LogP contribution in [0.15, 0.2) is 30.9 Å². The van der Waals surface area contributed by atoms with E-state index in [4.69, 9.17) is 4.74 Å². The number of ether oxygens (including phenoxy) is 1. The standard InChI is InChI=1S/C16H15F2N5O/c17-12-4-3-10(6-13(12)18)22-15-14-16(20-8-19-15)23(9-21-14)7-11-2-1-5-24-11/h3-4,6,8-9,11H,1-2,5,7H2,(H,19,20,22). The summed E-state index contributed by atoms with van der Waals surface area (Å²) in [4.78, 5) is 12.8. The number of benzene rings is 1. The van der Waals surface area contributed by atoms with Crippen LogP contribution in [0, 0.1) is 11.6 Å². The summed E-state index contributed by atoms with van der Waals surface area (Å²) < 4.78 is 33.9. The third kappa shape index (κ3) is 2.80. The van der Waals surface area contributed by atoms with Crippen LogP contribution in [0.5, 0.6) is 0 Å². The number of nitrogens with zero attached hydrogens (tertiary/aromatic N) is 4. The molecule has 0 aliphatic carbocycles. The van der Waals surface area contributed by atoms with Crippen molar-refractivity contribution >= 4 is 22.7 Å². The van der Waals surface area contributed by atoms with E-state index in [2.05, 4.69) is 20.3 Å². The zero-order chi connectivity index (χ0) is 16.5. The lowest BCUT2D eigenvalue weighted by atomic mass is 10.2. The Labute approximate surface area is 136 Å². The molecule has 0 saturated carbocycles. The van der Waals surface area contributed by atoms with E-state index < -0.39 is 11.6 Å². The van der Waals surface area contributed by atoms with E-state index in [9.17, 15) is 8.78 Å². The van der Waals surface area contributed by atoms with Crippen molar-refractivity contribution in [3.63, 3.8) is 0 Å². The van der Waals surface area contributed by atoms with Crippen molar-refractivity contribution < 1.29 is 13.5 Å². The van der Waals surface area contributed by atoms with E-state index >= 15 is 0 Å². The fraction of sp³-hybridized carbons (Fsp3) is 0.312. The van der Waals surface area contributed by atoms with Crippen LogP contribution in [-0.4, -0.2) is 32.2 Å². The zero-order valence-corrected chi connectivity index (χ0v) is 12.7. The number of anilines is 2. The van der Waals surface area contributed by atoms with Gasteiger partial charge in [-0.2, -0.15) is 0 Å². The van der Waals surface area contributed by atoms with Crippen molar-refractivity contribution in [1.29, 1.82) is 0 Å². The van der Waals surface area contributed by atoms with E-state index in [0.29, 0.717) is 29.2 Å². The summed E-state index contributed by atoms with van der Waals surface area (Å²) in [6.45, 7) is 1.47. The largest absolute Gasteiger partial charge is 0.376 e. The van der Waals surface area contributed by atoms with Gasteiger partial charge in [-0.1, -0.05) is 0 Å². The van der Waals surface area contributed by atoms with Gasteiger partial charge in [-0.05, 0) is 25.0 Å². The molecule has 24 heavy (non-hydrogen) atoms. The SMILES string of the molecule is Fc1ccc(Nc2ncnc3c2ncn3CC2CCCO2)cc1F. The Bertz CT molecular complexity index is 876. The van der Waals surface area contributed by atoms with Gasteiger partial charge in [0.2, 0.25) is 0 Å². The van der Waals surface area contributed by atoms with Crippen LogP contribution >= 0.6 is 0 Å². The predicted octanol–water partition coefficient (Wildman–Crippen LogP) is 3.03. The van der Waals surface area contributed by atoms with Crippen molar-refractivity contribution in [3.05, 3.63) is 42.5 Å². The number of aromatic nitrogens is 4. The smallest absolute Gasteiger partial charge is 0.165 e. The maximum atomic E-state index is 13.3. The number of nitrogens with one attached hydrogen (secondary N) is 1.